The molecule has 0 rings (SSSR count). The normalized spacial score (nSPS) is 14.1. The molecule has 0 spiro atoms. The van der Waals surface area contributed by atoms with Gasteiger partial charge in [0.05, 0.1) is 0 Å². The molecule has 0 atom stereocenters. The molecular weight excluding hydrogens is 396 g/mol. The van der Waals surface area contributed by atoms with Gasteiger partial charge in [-0.25, -0.2) is 0 Å². The minimum absolute atomic E-state index is 0.475. The molecule has 0 saturated heterocycles. The van der Waals surface area contributed by atoms with Crippen LogP contribution in [0.5, 0.6) is 0 Å². The first-order valence-electron chi connectivity index (χ1n) is 8.13. The summed E-state index contributed by atoms with van der Waals surface area (Å²) >= 11 is 0. The maximum atomic E-state index is 5.64. The fourth-order valence-electron chi connectivity index (χ4n) is 3.16. The third kappa shape index (κ3) is 6.42. The van der Waals surface area contributed by atoms with Gasteiger partial charge in [0.1, 0.15) is 0 Å². The van der Waals surface area contributed by atoms with Crippen molar-refractivity contribution in [2.75, 3.05) is 64.0 Å². The average molecular weight is 433 g/mol. The van der Waals surface area contributed by atoms with Crippen molar-refractivity contribution in [2.45, 2.75) is 25.1 Å². The van der Waals surface area contributed by atoms with Crippen LogP contribution in [0, 0.1) is 5.41 Å². The molecule has 0 saturated carbocycles. The Morgan fingerprint density at radius 1 is 0.423 bits per heavy atom. The summed E-state index contributed by atoms with van der Waals surface area (Å²) in [5.41, 5.74) is -0.475. The summed E-state index contributed by atoms with van der Waals surface area (Å²) in [6.45, 7) is 2.06. The van der Waals surface area contributed by atoms with E-state index in [9.17, 15) is 0 Å². The van der Waals surface area contributed by atoms with E-state index in [1.54, 1.807) is 64.0 Å². The van der Waals surface area contributed by atoms with E-state index >= 15 is 0 Å². The zero-order valence-electron chi connectivity index (χ0n) is 17.8. The summed E-state index contributed by atoms with van der Waals surface area (Å²) in [5.74, 6) is 0. The number of rotatable bonds is 15. The van der Waals surface area contributed by atoms with E-state index in [0.717, 1.165) is 0 Å². The molecular formula is C14H36O9Si3. The van der Waals surface area contributed by atoms with Crippen molar-refractivity contribution in [3.8, 4) is 0 Å². The van der Waals surface area contributed by atoms with Crippen molar-refractivity contribution >= 4 is 26.4 Å². The van der Waals surface area contributed by atoms with Gasteiger partial charge in [0.25, 0.3) is 0 Å². The lowest BCUT2D eigenvalue weighted by Gasteiger charge is -2.42. The van der Waals surface area contributed by atoms with Gasteiger partial charge in [-0.3, -0.25) is 0 Å². The highest BCUT2D eigenvalue weighted by Crippen LogP contribution is 2.45. The zero-order valence-corrected chi connectivity index (χ0v) is 20.8. The molecule has 0 aromatic rings. The molecule has 0 heterocycles. The van der Waals surface area contributed by atoms with E-state index in [1.807, 2.05) is 0 Å². The molecule has 0 fully saturated rings. The Bertz CT molecular complexity index is 308. The van der Waals surface area contributed by atoms with E-state index in [0.29, 0.717) is 18.1 Å². The first-order valence-corrected chi connectivity index (χ1v) is 13.9. The zero-order chi connectivity index (χ0) is 20.5. The van der Waals surface area contributed by atoms with Gasteiger partial charge in [0.2, 0.25) is 0 Å². The Morgan fingerprint density at radius 3 is 0.692 bits per heavy atom. The molecule has 0 aliphatic carbocycles. The second-order valence-corrected chi connectivity index (χ2v) is 15.1. The van der Waals surface area contributed by atoms with Gasteiger partial charge in [-0.15, -0.1) is 0 Å². The molecule has 0 aliphatic heterocycles. The van der Waals surface area contributed by atoms with Crippen molar-refractivity contribution in [1.29, 1.82) is 0 Å². The molecule has 0 bridgehead atoms. The van der Waals surface area contributed by atoms with Crippen molar-refractivity contribution in [3.05, 3.63) is 0 Å². The minimum Gasteiger partial charge on any atom is -0.377 e. The maximum Gasteiger partial charge on any atom is 0.500 e. The Balaban J connectivity index is 5.99. The van der Waals surface area contributed by atoms with Crippen LogP contribution in [-0.2, 0) is 39.8 Å². The molecule has 12 heteroatoms. The van der Waals surface area contributed by atoms with Crippen LogP contribution >= 0.6 is 0 Å². The fourth-order valence-corrected chi connectivity index (χ4v) is 10.6. The third-order valence-electron chi connectivity index (χ3n) is 4.73. The Kier molecular flexibility index (Phi) is 11.5. The van der Waals surface area contributed by atoms with Crippen LogP contribution in [0.4, 0.5) is 0 Å². The fraction of sp³-hybridized carbons (Fsp3) is 1.00. The lowest BCUT2D eigenvalue weighted by molar-refractivity contribution is 0.0810. The van der Waals surface area contributed by atoms with Gasteiger partial charge in [-0.05, 0) is 5.41 Å². The number of hydrogen-bond donors (Lipinski definition) is 0. The van der Waals surface area contributed by atoms with Crippen LogP contribution in [0.25, 0.3) is 0 Å². The topological polar surface area (TPSA) is 83.1 Å². The van der Waals surface area contributed by atoms with Crippen LogP contribution in [0.2, 0.25) is 18.1 Å². The Hall–Kier alpha value is 0.291. The van der Waals surface area contributed by atoms with E-state index in [1.165, 1.54) is 0 Å². The third-order valence-corrected chi connectivity index (χ3v) is 14.2. The van der Waals surface area contributed by atoms with E-state index < -0.39 is 31.8 Å². The monoisotopic (exact) mass is 432 g/mol. The standard InChI is InChI=1S/C14H36O9Si3/c1-14(11-24(15-2,16-3)17-4,12-25(18-5,19-6)20-7)13-26(21-8,22-9)23-10/h11-13H2,1-10H3. The summed E-state index contributed by atoms with van der Waals surface area (Å²) in [5, 5.41) is 0. The first kappa shape index (κ1) is 26.3. The van der Waals surface area contributed by atoms with E-state index in [4.69, 9.17) is 39.8 Å². The predicted octanol–water partition coefficient (Wildman–Crippen LogP) is 1.63. The highest BCUT2D eigenvalue weighted by molar-refractivity contribution is 6.64. The molecule has 0 N–H and O–H groups in total. The first-order chi connectivity index (χ1) is 12.2. The molecule has 0 aliphatic rings. The second kappa shape index (κ2) is 11.3. The SMILES string of the molecule is CO[Si](CC(C)(C[Si](OC)(OC)OC)C[Si](OC)(OC)OC)(OC)OC. The van der Waals surface area contributed by atoms with Crippen LogP contribution in [0.15, 0.2) is 0 Å². The average Bonchev–Trinajstić information content (AvgIpc) is 2.69. The lowest BCUT2D eigenvalue weighted by Crippen LogP contribution is -2.55. The van der Waals surface area contributed by atoms with Crippen molar-refractivity contribution in [3.63, 3.8) is 0 Å². The smallest absolute Gasteiger partial charge is 0.377 e. The van der Waals surface area contributed by atoms with Crippen molar-refractivity contribution in [1.82, 2.24) is 0 Å². The van der Waals surface area contributed by atoms with Crippen molar-refractivity contribution in [2.24, 2.45) is 5.41 Å². The summed E-state index contributed by atoms with van der Waals surface area (Å²) in [6, 6.07) is 1.46. The Morgan fingerprint density at radius 2 is 0.577 bits per heavy atom. The molecule has 0 radical (unpaired) electrons. The van der Waals surface area contributed by atoms with Crippen LogP contribution < -0.4 is 0 Å². The largest absolute Gasteiger partial charge is 0.500 e. The van der Waals surface area contributed by atoms with Crippen LogP contribution in [0.1, 0.15) is 6.92 Å². The molecule has 26 heavy (non-hydrogen) atoms. The predicted molar refractivity (Wildman–Crippen MR) is 103 cm³/mol. The number of hydrogen-bond acceptors (Lipinski definition) is 9. The molecule has 0 unspecified atom stereocenters. The lowest BCUT2D eigenvalue weighted by atomic mass is 9.99. The molecule has 0 aromatic carbocycles. The summed E-state index contributed by atoms with van der Waals surface area (Å²) in [7, 11) is 5.50. The van der Waals surface area contributed by atoms with Gasteiger partial charge in [0, 0.05) is 82.1 Å². The highest BCUT2D eigenvalue weighted by atomic mass is 28.4. The molecule has 0 aromatic heterocycles. The van der Waals surface area contributed by atoms with Crippen molar-refractivity contribution < 1.29 is 39.8 Å². The van der Waals surface area contributed by atoms with Gasteiger partial charge < -0.3 is 39.8 Å². The molecule has 158 valence electrons. The molecule has 9 nitrogen and oxygen atoms in total. The quantitative estimate of drug-likeness (QED) is 0.358. The van der Waals surface area contributed by atoms with Gasteiger partial charge in [0.15, 0.2) is 0 Å². The van der Waals surface area contributed by atoms with E-state index in [-0.39, 0.29) is 0 Å². The minimum atomic E-state index is -2.92. The van der Waals surface area contributed by atoms with E-state index in [2.05, 4.69) is 6.92 Å². The van der Waals surface area contributed by atoms with Crippen LogP contribution in [0.3, 0.4) is 0 Å². The second-order valence-electron chi connectivity index (χ2n) is 6.23. The molecule has 0 amide bonds. The summed E-state index contributed by atoms with van der Waals surface area (Å²) in [4.78, 5) is 0. The summed E-state index contributed by atoms with van der Waals surface area (Å²) in [6.07, 6.45) is 0. The van der Waals surface area contributed by atoms with Gasteiger partial charge in [-0.1, -0.05) is 6.92 Å². The maximum absolute atomic E-state index is 5.64. The van der Waals surface area contributed by atoms with Gasteiger partial charge in [-0.2, -0.15) is 0 Å². The van der Waals surface area contributed by atoms with Crippen LogP contribution in [-0.4, -0.2) is 90.4 Å². The van der Waals surface area contributed by atoms with Gasteiger partial charge >= 0.3 is 26.4 Å². The summed E-state index contributed by atoms with van der Waals surface area (Å²) < 4.78 is 50.8. The highest BCUT2D eigenvalue weighted by Gasteiger charge is 2.56. The Labute approximate surface area is 161 Å².